The lowest BCUT2D eigenvalue weighted by Gasteiger charge is -2.36. The third-order valence-electron chi connectivity index (χ3n) is 8.32. The van der Waals surface area contributed by atoms with Crippen molar-refractivity contribution in [3.63, 3.8) is 0 Å². The first-order valence-corrected chi connectivity index (χ1v) is 16.9. The zero-order chi connectivity index (χ0) is 36.1. The monoisotopic (exact) mass is 708 g/mol. The minimum atomic E-state index is -4.41. The van der Waals surface area contributed by atoms with E-state index in [1.54, 1.807) is 36.1 Å². The zero-order valence-corrected chi connectivity index (χ0v) is 29.2. The summed E-state index contributed by atoms with van der Waals surface area (Å²) in [6.07, 6.45) is -2.19. The Bertz CT molecular complexity index is 1820. The van der Waals surface area contributed by atoms with Crippen molar-refractivity contribution >= 4 is 23.7 Å². The molecule has 0 N–H and O–H groups in total. The van der Waals surface area contributed by atoms with E-state index in [4.69, 9.17) is 25.8 Å². The van der Waals surface area contributed by atoms with Crippen LogP contribution in [-0.2, 0) is 35.1 Å². The van der Waals surface area contributed by atoms with Gasteiger partial charge in [-0.25, -0.2) is 14.6 Å². The van der Waals surface area contributed by atoms with Gasteiger partial charge in [-0.1, -0.05) is 60.1 Å². The number of pyridine rings is 1. The van der Waals surface area contributed by atoms with E-state index in [1.165, 1.54) is 12.1 Å². The molecule has 0 saturated heterocycles. The van der Waals surface area contributed by atoms with Gasteiger partial charge in [0.1, 0.15) is 23.7 Å². The standard InChI is InChI=1S/C39H40ClF3N2O5/c1-5-48-36(46)33-20-19-30-32(44-33)10-8-11-34(30)45(37(47)50-38(2,3)4)22-21-26-9-6-7-12-35(26)49-24-28-14-13-27(23-31(28)40)25-15-17-29(18-16-25)39(41,42)43/h6-7,9,12-20,23,34H,5,8,10-11,21-22,24H2,1-4H3/t34-/m1/s1. The molecule has 50 heavy (non-hydrogen) atoms. The van der Waals surface area contributed by atoms with E-state index in [1.807, 2.05) is 51.1 Å². The first kappa shape index (κ1) is 36.7. The number of ether oxygens (including phenoxy) is 3. The van der Waals surface area contributed by atoms with Crippen LogP contribution in [-0.4, -0.2) is 40.7 Å². The first-order chi connectivity index (χ1) is 23.7. The first-order valence-electron chi connectivity index (χ1n) is 16.6. The van der Waals surface area contributed by atoms with Crippen LogP contribution in [0.25, 0.3) is 11.1 Å². The van der Waals surface area contributed by atoms with Crippen molar-refractivity contribution in [1.29, 1.82) is 0 Å². The van der Waals surface area contributed by atoms with Crippen LogP contribution in [0.3, 0.4) is 0 Å². The number of esters is 1. The number of hydrogen-bond donors (Lipinski definition) is 0. The fraction of sp³-hybridized carbons (Fsp3) is 0.359. The Morgan fingerprint density at radius 1 is 0.940 bits per heavy atom. The summed E-state index contributed by atoms with van der Waals surface area (Å²) in [5.41, 5.74) is 3.37. The molecule has 1 amide bonds. The van der Waals surface area contributed by atoms with E-state index in [2.05, 4.69) is 4.98 Å². The Balaban J connectivity index is 1.32. The van der Waals surface area contributed by atoms with E-state index in [0.717, 1.165) is 35.4 Å². The topological polar surface area (TPSA) is 78.0 Å². The number of rotatable bonds is 10. The normalized spacial score (nSPS) is 14.4. The molecule has 7 nitrogen and oxygen atoms in total. The molecule has 1 heterocycles. The maximum Gasteiger partial charge on any atom is 0.416 e. The second-order valence-corrected chi connectivity index (χ2v) is 13.5. The molecule has 3 aromatic carbocycles. The molecule has 0 saturated carbocycles. The van der Waals surface area contributed by atoms with Crippen LogP contribution in [0.1, 0.15) is 85.0 Å². The van der Waals surface area contributed by atoms with Gasteiger partial charge in [0.05, 0.1) is 18.2 Å². The van der Waals surface area contributed by atoms with Crippen molar-refractivity contribution < 1.29 is 37.0 Å². The Morgan fingerprint density at radius 3 is 2.34 bits per heavy atom. The zero-order valence-electron chi connectivity index (χ0n) is 28.5. The smallest absolute Gasteiger partial charge is 0.416 e. The molecule has 0 unspecified atom stereocenters. The highest BCUT2D eigenvalue weighted by molar-refractivity contribution is 6.31. The van der Waals surface area contributed by atoms with Crippen molar-refractivity contribution in [2.45, 2.75) is 77.8 Å². The number of aryl methyl sites for hydroxylation is 1. The van der Waals surface area contributed by atoms with Crippen LogP contribution in [0.2, 0.25) is 5.02 Å². The van der Waals surface area contributed by atoms with Crippen molar-refractivity contribution in [2.75, 3.05) is 13.2 Å². The molecule has 1 aliphatic rings. The van der Waals surface area contributed by atoms with Gasteiger partial charge in [0.2, 0.25) is 0 Å². The van der Waals surface area contributed by atoms with Crippen molar-refractivity contribution in [3.8, 4) is 16.9 Å². The van der Waals surface area contributed by atoms with Crippen LogP contribution in [0, 0.1) is 0 Å². The summed E-state index contributed by atoms with van der Waals surface area (Å²) in [7, 11) is 0. The van der Waals surface area contributed by atoms with Crippen molar-refractivity contribution in [2.24, 2.45) is 0 Å². The fourth-order valence-electron chi connectivity index (χ4n) is 5.91. The number of fused-ring (bicyclic) bond motifs is 1. The minimum Gasteiger partial charge on any atom is -0.489 e. The SMILES string of the molecule is CCOC(=O)c1ccc2c(n1)CCC[C@H]2N(CCc1ccccc1OCc1ccc(-c2ccc(C(F)(F)F)cc2)cc1Cl)C(=O)OC(C)(C)C. The largest absolute Gasteiger partial charge is 0.489 e. The highest BCUT2D eigenvalue weighted by Crippen LogP contribution is 2.36. The van der Waals surface area contributed by atoms with Crippen LogP contribution < -0.4 is 4.74 Å². The number of benzene rings is 3. The Labute approximate surface area is 295 Å². The number of carbonyl (C=O) groups excluding carboxylic acids is 2. The highest BCUT2D eigenvalue weighted by atomic mass is 35.5. The Kier molecular flexibility index (Phi) is 11.4. The number of amides is 1. The second-order valence-electron chi connectivity index (χ2n) is 13.1. The molecule has 0 spiro atoms. The molecule has 1 aliphatic carbocycles. The van der Waals surface area contributed by atoms with Gasteiger partial charge in [0, 0.05) is 22.8 Å². The summed E-state index contributed by atoms with van der Waals surface area (Å²) < 4.78 is 56.2. The third kappa shape index (κ3) is 9.15. The molecule has 0 bridgehead atoms. The summed E-state index contributed by atoms with van der Waals surface area (Å²) in [6, 6.07) is 21.0. The van der Waals surface area contributed by atoms with Gasteiger partial charge >= 0.3 is 18.2 Å². The number of alkyl halides is 3. The van der Waals surface area contributed by atoms with Gasteiger partial charge in [-0.15, -0.1) is 0 Å². The number of hydrogen-bond acceptors (Lipinski definition) is 6. The lowest BCUT2D eigenvalue weighted by Crippen LogP contribution is -2.41. The molecule has 1 atom stereocenters. The van der Waals surface area contributed by atoms with Crippen LogP contribution in [0.5, 0.6) is 5.75 Å². The number of carbonyl (C=O) groups is 2. The summed E-state index contributed by atoms with van der Waals surface area (Å²) in [6.45, 7) is 7.98. The Morgan fingerprint density at radius 2 is 1.66 bits per heavy atom. The molecule has 4 aromatic rings. The number of aromatic nitrogens is 1. The van der Waals surface area contributed by atoms with Gasteiger partial charge in [-0.2, -0.15) is 13.2 Å². The molecular weight excluding hydrogens is 669 g/mol. The summed E-state index contributed by atoms with van der Waals surface area (Å²) >= 11 is 6.60. The predicted molar refractivity (Wildman–Crippen MR) is 185 cm³/mol. The summed E-state index contributed by atoms with van der Waals surface area (Å²) in [5.74, 6) is 0.152. The quantitative estimate of drug-likeness (QED) is 0.153. The van der Waals surface area contributed by atoms with E-state index in [-0.39, 0.29) is 24.9 Å². The number of nitrogens with zero attached hydrogens (tertiary/aromatic N) is 2. The molecule has 0 radical (unpaired) electrons. The van der Waals surface area contributed by atoms with Gasteiger partial charge in [0.15, 0.2) is 0 Å². The van der Waals surface area contributed by atoms with Gasteiger partial charge in [-0.3, -0.25) is 0 Å². The molecule has 264 valence electrons. The average molecular weight is 709 g/mol. The molecule has 0 fully saturated rings. The van der Waals surface area contributed by atoms with E-state index >= 15 is 0 Å². The lowest BCUT2D eigenvalue weighted by atomic mass is 9.89. The number of para-hydroxylation sites is 1. The maximum atomic E-state index is 13.7. The number of halogens is 4. The lowest BCUT2D eigenvalue weighted by molar-refractivity contribution is -0.137. The van der Waals surface area contributed by atoms with Crippen molar-refractivity contribution in [3.05, 3.63) is 118 Å². The second kappa shape index (κ2) is 15.5. The summed E-state index contributed by atoms with van der Waals surface area (Å²) in [5, 5.41) is 0.423. The molecule has 1 aromatic heterocycles. The highest BCUT2D eigenvalue weighted by Gasteiger charge is 2.34. The molecular formula is C39H40ClF3N2O5. The Hall–Kier alpha value is -4.57. The third-order valence-corrected chi connectivity index (χ3v) is 8.68. The summed E-state index contributed by atoms with van der Waals surface area (Å²) in [4.78, 5) is 32.4. The minimum absolute atomic E-state index is 0.156. The van der Waals surface area contributed by atoms with E-state index in [0.29, 0.717) is 53.3 Å². The van der Waals surface area contributed by atoms with E-state index < -0.39 is 29.4 Å². The van der Waals surface area contributed by atoms with Crippen LogP contribution >= 0.6 is 11.6 Å². The van der Waals surface area contributed by atoms with Gasteiger partial charge in [-0.05, 0) is 106 Å². The van der Waals surface area contributed by atoms with Crippen molar-refractivity contribution in [1.82, 2.24) is 9.88 Å². The predicted octanol–water partition coefficient (Wildman–Crippen LogP) is 10.0. The van der Waals surface area contributed by atoms with Gasteiger partial charge in [0.25, 0.3) is 0 Å². The van der Waals surface area contributed by atoms with Crippen LogP contribution in [0.4, 0.5) is 18.0 Å². The molecule has 11 heteroatoms. The molecule has 5 rings (SSSR count). The fourth-order valence-corrected chi connectivity index (χ4v) is 6.15. The molecule has 0 aliphatic heterocycles. The van der Waals surface area contributed by atoms with Crippen LogP contribution in [0.15, 0.2) is 78.9 Å². The van der Waals surface area contributed by atoms with Gasteiger partial charge < -0.3 is 19.1 Å². The van der Waals surface area contributed by atoms with E-state index in [9.17, 15) is 22.8 Å². The average Bonchev–Trinajstić information content (AvgIpc) is 3.07. The maximum absolute atomic E-state index is 13.7.